The topological polar surface area (TPSA) is 75.6 Å². The standard InChI is InChI=1S/C12H23NO4/c1-7(2)6-9(12(16)17-5)13-11(15)10(14)8(3)4/h7-10,14H,6H2,1-5H3,(H,13,15)/t9-,10-/m0/s1. The Bertz CT molecular complexity index is 263. The average Bonchev–Trinajstić information content (AvgIpc) is 2.24. The van der Waals surface area contributed by atoms with Crippen LogP contribution in [0.4, 0.5) is 0 Å². The molecule has 100 valence electrons. The number of rotatable bonds is 6. The molecule has 0 aromatic heterocycles. The van der Waals surface area contributed by atoms with E-state index in [1.54, 1.807) is 13.8 Å². The van der Waals surface area contributed by atoms with Crippen LogP contribution in [0.3, 0.4) is 0 Å². The van der Waals surface area contributed by atoms with Gasteiger partial charge in [-0.15, -0.1) is 0 Å². The molecule has 2 N–H and O–H groups in total. The van der Waals surface area contributed by atoms with Crippen LogP contribution in [-0.2, 0) is 14.3 Å². The zero-order valence-electron chi connectivity index (χ0n) is 11.2. The summed E-state index contributed by atoms with van der Waals surface area (Å²) in [6.45, 7) is 7.36. The molecule has 1 amide bonds. The minimum atomic E-state index is -1.10. The maximum atomic E-state index is 11.6. The molecule has 2 atom stereocenters. The van der Waals surface area contributed by atoms with Crippen LogP contribution in [0.5, 0.6) is 0 Å². The molecule has 0 bridgehead atoms. The van der Waals surface area contributed by atoms with Gasteiger partial charge < -0.3 is 15.2 Å². The molecule has 17 heavy (non-hydrogen) atoms. The number of esters is 1. The molecule has 0 aliphatic carbocycles. The van der Waals surface area contributed by atoms with E-state index in [2.05, 4.69) is 10.1 Å². The van der Waals surface area contributed by atoms with Crippen LogP contribution in [0, 0.1) is 11.8 Å². The van der Waals surface area contributed by atoms with Crippen molar-refractivity contribution in [3.63, 3.8) is 0 Å². The maximum absolute atomic E-state index is 11.6. The summed E-state index contributed by atoms with van der Waals surface area (Å²) in [5.74, 6) is -0.956. The highest BCUT2D eigenvalue weighted by Gasteiger charge is 2.26. The first-order valence-electron chi connectivity index (χ1n) is 5.85. The summed E-state index contributed by atoms with van der Waals surface area (Å²) in [5, 5.41) is 12.1. The summed E-state index contributed by atoms with van der Waals surface area (Å²) in [6, 6.07) is -0.694. The molecular weight excluding hydrogens is 222 g/mol. The van der Waals surface area contributed by atoms with Crippen molar-refractivity contribution in [3.05, 3.63) is 0 Å². The number of carbonyl (C=O) groups is 2. The third-order valence-electron chi connectivity index (χ3n) is 2.41. The molecule has 0 saturated heterocycles. The van der Waals surface area contributed by atoms with Gasteiger partial charge in [-0.25, -0.2) is 4.79 Å². The lowest BCUT2D eigenvalue weighted by atomic mass is 10.0. The second kappa shape index (κ2) is 7.27. The minimum Gasteiger partial charge on any atom is -0.467 e. The molecule has 0 aromatic rings. The molecule has 5 heteroatoms. The highest BCUT2D eigenvalue weighted by Crippen LogP contribution is 2.08. The largest absolute Gasteiger partial charge is 0.467 e. The zero-order valence-corrected chi connectivity index (χ0v) is 11.2. The number of aliphatic hydroxyl groups excluding tert-OH is 1. The zero-order chi connectivity index (χ0) is 13.6. The number of carbonyl (C=O) groups excluding carboxylic acids is 2. The second-order valence-corrected chi connectivity index (χ2v) is 4.90. The third-order valence-corrected chi connectivity index (χ3v) is 2.41. The van der Waals surface area contributed by atoms with Crippen molar-refractivity contribution in [1.29, 1.82) is 0 Å². The normalized spacial score (nSPS) is 14.6. The van der Waals surface area contributed by atoms with Crippen LogP contribution < -0.4 is 5.32 Å². The van der Waals surface area contributed by atoms with E-state index in [1.807, 2.05) is 13.8 Å². The van der Waals surface area contributed by atoms with Crippen LogP contribution in [-0.4, -0.2) is 36.2 Å². The van der Waals surface area contributed by atoms with E-state index >= 15 is 0 Å². The summed E-state index contributed by atoms with van der Waals surface area (Å²) in [4.78, 5) is 23.1. The first-order valence-corrected chi connectivity index (χ1v) is 5.85. The van der Waals surface area contributed by atoms with E-state index < -0.39 is 24.0 Å². The van der Waals surface area contributed by atoms with Crippen LogP contribution >= 0.6 is 0 Å². The first kappa shape index (κ1) is 15.9. The number of methoxy groups -OCH3 is 1. The van der Waals surface area contributed by atoms with Crippen LogP contribution in [0.2, 0.25) is 0 Å². The van der Waals surface area contributed by atoms with Crippen molar-refractivity contribution in [3.8, 4) is 0 Å². The number of aliphatic hydroxyl groups is 1. The third kappa shape index (κ3) is 5.68. The van der Waals surface area contributed by atoms with Gasteiger partial charge in [0, 0.05) is 0 Å². The molecule has 0 saturated carbocycles. The molecule has 5 nitrogen and oxygen atoms in total. The fourth-order valence-electron chi connectivity index (χ4n) is 1.39. The highest BCUT2D eigenvalue weighted by molar-refractivity contribution is 5.86. The number of ether oxygens (including phenoxy) is 1. The number of hydrogen-bond donors (Lipinski definition) is 2. The molecule has 0 radical (unpaired) electrons. The highest BCUT2D eigenvalue weighted by atomic mass is 16.5. The molecule has 0 aliphatic heterocycles. The predicted molar refractivity (Wildman–Crippen MR) is 64.2 cm³/mol. The van der Waals surface area contributed by atoms with Gasteiger partial charge in [0.2, 0.25) is 5.91 Å². The molecule has 0 fully saturated rings. The SMILES string of the molecule is COC(=O)[C@H](CC(C)C)NC(=O)[C@@H](O)C(C)C. The Morgan fingerprint density at radius 3 is 2.12 bits per heavy atom. The molecule has 0 aromatic carbocycles. The van der Waals surface area contributed by atoms with Gasteiger partial charge in [0.25, 0.3) is 0 Å². The number of hydrogen-bond acceptors (Lipinski definition) is 4. The Hall–Kier alpha value is -1.10. The lowest BCUT2D eigenvalue weighted by Crippen LogP contribution is -2.47. The van der Waals surface area contributed by atoms with Gasteiger partial charge in [0.1, 0.15) is 12.1 Å². The molecule has 0 unspecified atom stereocenters. The molecule has 0 aliphatic rings. The van der Waals surface area contributed by atoms with E-state index in [0.717, 1.165) is 0 Å². The molecule has 0 heterocycles. The van der Waals surface area contributed by atoms with E-state index in [0.29, 0.717) is 6.42 Å². The van der Waals surface area contributed by atoms with Gasteiger partial charge in [-0.1, -0.05) is 27.7 Å². The Morgan fingerprint density at radius 2 is 1.76 bits per heavy atom. The lowest BCUT2D eigenvalue weighted by molar-refractivity contribution is -0.147. The summed E-state index contributed by atoms with van der Waals surface area (Å²) < 4.78 is 4.62. The molecule has 0 spiro atoms. The minimum absolute atomic E-state index is 0.188. The molecule has 0 rings (SSSR count). The van der Waals surface area contributed by atoms with Gasteiger partial charge in [-0.3, -0.25) is 4.79 Å². The fraction of sp³-hybridized carbons (Fsp3) is 0.833. The smallest absolute Gasteiger partial charge is 0.328 e. The second-order valence-electron chi connectivity index (χ2n) is 4.90. The van der Waals surface area contributed by atoms with Crippen molar-refractivity contribution >= 4 is 11.9 Å². The summed E-state index contributed by atoms with van der Waals surface area (Å²) in [6.07, 6.45) is -0.613. The average molecular weight is 245 g/mol. The summed E-state index contributed by atoms with van der Waals surface area (Å²) in [5.41, 5.74) is 0. The fourth-order valence-corrected chi connectivity index (χ4v) is 1.39. The maximum Gasteiger partial charge on any atom is 0.328 e. The predicted octanol–water partition coefficient (Wildman–Crippen LogP) is 0.707. The van der Waals surface area contributed by atoms with Crippen molar-refractivity contribution in [2.45, 2.75) is 46.3 Å². The molecular formula is C12H23NO4. The van der Waals surface area contributed by atoms with Gasteiger partial charge in [0.15, 0.2) is 0 Å². The number of amides is 1. The number of nitrogens with one attached hydrogen (secondary N) is 1. The monoisotopic (exact) mass is 245 g/mol. The quantitative estimate of drug-likeness (QED) is 0.676. The Labute approximate surface area is 103 Å². The van der Waals surface area contributed by atoms with Crippen LogP contribution in [0.25, 0.3) is 0 Å². The van der Waals surface area contributed by atoms with E-state index in [9.17, 15) is 14.7 Å². The lowest BCUT2D eigenvalue weighted by Gasteiger charge is -2.21. The van der Waals surface area contributed by atoms with Gasteiger partial charge in [0.05, 0.1) is 7.11 Å². The first-order chi connectivity index (χ1) is 7.79. The van der Waals surface area contributed by atoms with E-state index in [1.165, 1.54) is 7.11 Å². The van der Waals surface area contributed by atoms with Crippen LogP contribution in [0.15, 0.2) is 0 Å². The summed E-state index contributed by atoms with van der Waals surface area (Å²) >= 11 is 0. The van der Waals surface area contributed by atoms with Gasteiger partial charge in [-0.2, -0.15) is 0 Å². The Morgan fingerprint density at radius 1 is 1.24 bits per heavy atom. The van der Waals surface area contributed by atoms with Gasteiger partial charge in [-0.05, 0) is 18.3 Å². The van der Waals surface area contributed by atoms with Crippen molar-refractivity contribution < 1.29 is 19.4 Å². The van der Waals surface area contributed by atoms with Crippen LogP contribution in [0.1, 0.15) is 34.1 Å². The van der Waals surface area contributed by atoms with E-state index in [-0.39, 0.29) is 11.8 Å². The Balaban J connectivity index is 4.53. The Kier molecular flexibility index (Phi) is 6.80. The van der Waals surface area contributed by atoms with Crippen molar-refractivity contribution in [2.75, 3.05) is 7.11 Å². The summed E-state index contributed by atoms with van der Waals surface area (Å²) in [7, 11) is 1.28. The van der Waals surface area contributed by atoms with E-state index in [4.69, 9.17) is 0 Å². The van der Waals surface area contributed by atoms with Gasteiger partial charge >= 0.3 is 5.97 Å². The van der Waals surface area contributed by atoms with Crippen molar-refractivity contribution in [1.82, 2.24) is 5.32 Å². The van der Waals surface area contributed by atoms with Crippen molar-refractivity contribution in [2.24, 2.45) is 11.8 Å².